The molecular weight excluding hydrogens is 241 g/mol. The van der Waals surface area contributed by atoms with Gasteiger partial charge in [-0.05, 0) is 41.0 Å². The molecule has 0 radical (unpaired) electrons. The minimum Gasteiger partial charge on any atom is -0.289 e. The van der Waals surface area contributed by atoms with Gasteiger partial charge in [-0.1, -0.05) is 0 Å². The molecule has 0 spiro atoms. The first-order valence-electron chi connectivity index (χ1n) is 6.05. The van der Waals surface area contributed by atoms with Crippen molar-refractivity contribution in [2.45, 2.75) is 65.7 Å². The fourth-order valence-corrected chi connectivity index (χ4v) is 4.14. The van der Waals surface area contributed by atoms with Crippen molar-refractivity contribution >= 4 is 13.7 Å². The van der Waals surface area contributed by atoms with Gasteiger partial charge in [-0.3, -0.25) is 13.8 Å². The van der Waals surface area contributed by atoms with Gasteiger partial charge in [0.05, 0.1) is 12.2 Å². The summed E-state index contributed by atoms with van der Waals surface area (Å²) < 4.78 is 24.8. The van der Waals surface area contributed by atoms with Crippen molar-refractivity contribution in [3.05, 3.63) is 0 Å². The summed E-state index contributed by atoms with van der Waals surface area (Å²) in [5, 5.41) is 0. The predicted molar refractivity (Wildman–Crippen MR) is 65.6 cm³/mol. The van der Waals surface area contributed by atoms with E-state index < -0.39 is 7.75 Å². The van der Waals surface area contributed by atoms with Crippen LogP contribution in [0.4, 0.5) is 0 Å². The van der Waals surface area contributed by atoms with Crippen LogP contribution in [0.3, 0.4) is 0 Å². The van der Waals surface area contributed by atoms with E-state index in [0.29, 0.717) is 12.8 Å². The molecule has 17 heavy (non-hydrogen) atoms. The Balaban J connectivity index is 2.96. The van der Waals surface area contributed by atoms with Gasteiger partial charge in [0.2, 0.25) is 5.91 Å². The summed E-state index contributed by atoms with van der Waals surface area (Å²) >= 11 is 0. The van der Waals surface area contributed by atoms with Gasteiger partial charge in [0, 0.05) is 12.5 Å². The molecule has 0 N–H and O–H groups in total. The molecule has 1 aliphatic rings. The molecule has 1 fully saturated rings. The summed E-state index contributed by atoms with van der Waals surface area (Å²) in [5.41, 5.74) is 0. The van der Waals surface area contributed by atoms with E-state index >= 15 is 0 Å². The molecule has 0 aliphatic carbocycles. The van der Waals surface area contributed by atoms with Gasteiger partial charge in [-0.25, -0.2) is 9.24 Å². The van der Waals surface area contributed by atoms with Crippen molar-refractivity contribution in [1.29, 1.82) is 0 Å². The van der Waals surface area contributed by atoms with Crippen LogP contribution in [0.15, 0.2) is 0 Å². The van der Waals surface area contributed by atoms with Crippen LogP contribution in [0.25, 0.3) is 0 Å². The van der Waals surface area contributed by atoms with Crippen molar-refractivity contribution in [2.24, 2.45) is 0 Å². The first-order chi connectivity index (χ1) is 7.76. The molecule has 1 saturated heterocycles. The first kappa shape index (κ1) is 14.7. The molecule has 1 heterocycles. The second-order valence-corrected chi connectivity index (χ2v) is 6.69. The fourth-order valence-electron chi connectivity index (χ4n) is 1.85. The number of carbonyl (C=O) groups excluding carboxylic acids is 1. The van der Waals surface area contributed by atoms with Crippen molar-refractivity contribution in [1.82, 2.24) is 4.67 Å². The van der Waals surface area contributed by atoms with E-state index in [9.17, 15) is 9.36 Å². The topological polar surface area (TPSA) is 55.8 Å². The number of hydrogen-bond acceptors (Lipinski definition) is 4. The van der Waals surface area contributed by atoms with E-state index in [1.807, 2.05) is 6.92 Å². The lowest BCUT2D eigenvalue weighted by Gasteiger charge is -2.32. The van der Waals surface area contributed by atoms with Crippen LogP contribution in [0, 0.1) is 0 Å². The largest absolute Gasteiger partial charge is 0.438 e. The number of rotatable bonds is 5. The quantitative estimate of drug-likeness (QED) is 0.715. The van der Waals surface area contributed by atoms with E-state index in [1.54, 1.807) is 27.7 Å². The smallest absolute Gasteiger partial charge is 0.289 e. The van der Waals surface area contributed by atoms with Gasteiger partial charge in [-0.2, -0.15) is 0 Å². The fraction of sp³-hybridized carbons (Fsp3) is 0.909. The highest BCUT2D eigenvalue weighted by atomic mass is 31.2. The van der Waals surface area contributed by atoms with Crippen LogP contribution in [0.5, 0.6) is 0 Å². The minimum absolute atomic E-state index is 0.0918. The average molecular weight is 263 g/mol. The molecule has 0 saturated carbocycles. The SMILES string of the molecule is CC(C)OP(=O)(OC(C)C)N1C(=O)CCC1C. The van der Waals surface area contributed by atoms with Gasteiger partial charge in [0.25, 0.3) is 0 Å². The van der Waals surface area contributed by atoms with Gasteiger partial charge in [0.15, 0.2) is 0 Å². The molecule has 0 bridgehead atoms. The molecule has 1 rings (SSSR count). The zero-order chi connectivity index (χ0) is 13.2. The molecule has 100 valence electrons. The third-order valence-corrected chi connectivity index (χ3v) is 4.92. The third-order valence-electron chi connectivity index (χ3n) is 2.40. The van der Waals surface area contributed by atoms with E-state index in [1.165, 1.54) is 4.67 Å². The van der Waals surface area contributed by atoms with Gasteiger partial charge in [0.1, 0.15) is 0 Å². The van der Waals surface area contributed by atoms with Crippen molar-refractivity contribution in [3.8, 4) is 0 Å². The maximum atomic E-state index is 12.7. The lowest BCUT2D eigenvalue weighted by atomic mass is 10.3. The average Bonchev–Trinajstić information content (AvgIpc) is 2.42. The summed E-state index contributed by atoms with van der Waals surface area (Å²) in [4.78, 5) is 11.8. The molecule has 0 aromatic rings. The molecule has 1 atom stereocenters. The van der Waals surface area contributed by atoms with Crippen LogP contribution in [-0.2, 0) is 18.4 Å². The second kappa shape index (κ2) is 5.51. The lowest BCUT2D eigenvalue weighted by molar-refractivity contribution is -0.125. The summed E-state index contributed by atoms with van der Waals surface area (Å²) in [6, 6.07) is -0.0918. The zero-order valence-corrected chi connectivity index (χ0v) is 12.1. The lowest BCUT2D eigenvalue weighted by Crippen LogP contribution is -2.31. The third kappa shape index (κ3) is 3.54. The van der Waals surface area contributed by atoms with E-state index in [0.717, 1.165) is 0 Å². The molecule has 6 heteroatoms. The Kier molecular flexibility index (Phi) is 4.76. The number of nitrogens with zero attached hydrogens (tertiary/aromatic N) is 1. The standard InChI is InChI=1S/C11H22NO4P/c1-8(2)15-17(14,16-9(3)4)12-10(5)6-7-11(12)13/h8-10H,6-7H2,1-5H3. The Labute approximate surface area is 103 Å². The van der Waals surface area contributed by atoms with E-state index in [2.05, 4.69) is 0 Å². The zero-order valence-electron chi connectivity index (χ0n) is 11.2. The van der Waals surface area contributed by atoms with Gasteiger partial charge in [-0.15, -0.1) is 0 Å². The van der Waals surface area contributed by atoms with Crippen LogP contribution in [-0.4, -0.2) is 28.8 Å². The molecule has 1 aliphatic heterocycles. The molecule has 1 unspecified atom stereocenters. The summed E-state index contributed by atoms with van der Waals surface area (Å²) in [6.45, 7) is 8.98. The molecule has 5 nitrogen and oxygen atoms in total. The molecule has 0 aromatic heterocycles. The monoisotopic (exact) mass is 263 g/mol. The number of hydrogen-bond donors (Lipinski definition) is 0. The van der Waals surface area contributed by atoms with Crippen LogP contribution in [0.2, 0.25) is 0 Å². The highest BCUT2D eigenvalue weighted by Gasteiger charge is 2.45. The molecule has 1 amide bonds. The summed E-state index contributed by atoms with van der Waals surface area (Å²) in [7, 11) is -3.51. The van der Waals surface area contributed by atoms with Crippen LogP contribution < -0.4 is 0 Å². The maximum Gasteiger partial charge on any atom is 0.438 e. The predicted octanol–water partition coefficient (Wildman–Crippen LogP) is 2.96. The second-order valence-electron chi connectivity index (χ2n) is 4.90. The van der Waals surface area contributed by atoms with Gasteiger partial charge >= 0.3 is 7.75 Å². The highest BCUT2D eigenvalue weighted by Crippen LogP contribution is 2.57. The summed E-state index contributed by atoms with van der Waals surface area (Å²) in [6.07, 6.45) is 0.611. The minimum atomic E-state index is -3.51. The Morgan fingerprint density at radius 3 is 2.00 bits per heavy atom. The summed E-state index contributed by atoms with van der Waals surface area (Å²) in [5.74, 6) is -0.151. The van der Waals surface area contributed by atoms with Crippen molar-refractivity contribution in [3.63, 3.8) is 0 Å². The normalized spacial score (nSPS) is 21.9. The number of carbonyl (C=O) groups is 1. The van der Waals surface area contributed by atoms with Gasteiger partial charge < -0.3 is 0 Å². The Bertz CT molecular complexity index is 315. The Hall–Kier alpha value is -0.380. The van der Waals surface area contributed by atoms with Crippen LogP contribution >= 0.6 is 7.75 Å². The first-order valence-corrected chi connectivity index (χ1v) is 7.55. The highest BCUT2D eigenvalue weighted by molar-refractivity contribution is 7.52. The number of amides is 1. The Morgan fingerprint density at radius 1 is 1.24 bits per heavy atom. The van der Waals surface area contributed by atoms with Crippen molar-refractivity contribution in [2.75, 3.05) is 0 Å². The Morgan fingerprint density at radius 2 is 1.71 bits per heavy atom. The van der Waals surface area contributed by atoms with E-state index in [4.69, 9.17) is 9.05 Å². The van der Waals surface area contributed by atoms with E-state index in [-0.39, 0.29) is 24.2 Å². The molecular formula is C11H22NO4P. The van der Waals surface area contributed by atoms with Crippen molar-refractivity contribution < 1.29 is 18.4 Å². The maximum absolute atomic E-state index is 12.7. The molecule has 0 aromatic carbocycles. The van der Waals surface area contributed by atoms with Crippen LogP contribution in [0.1, 0.15) is 47.5 Å².